The van der Waals surface area contributed by atoms with E-state index in [9.17, 15) is 14.4 Å². The Morgan fingerprint density at radius 2 is 1.62 bits per heavy atom. The van der Waals surface area contributed by atoms with Gasteiger partial charge in [-0.1, -0.05) is 54.1 Å². The van der Waals surface area contributed by atoms with Gasteiger partial charge in [-0.25, -0.2) is 9.86 Å². The molecule has 0 bridgehead atoms. The summed E-state index contributed by atoms with van der Waals surface area (Å²) < 4.78 is 4.78. The van der Waals surface area contributed by atoms with E-state index < -0.39 is 24.0 Å². The second-order valence-corrected chi connectivity index (χ2v) is 8.60. The van der Waals surface area contributed by atoms with E-state index in [1.807, 2.05) is 30.3 Å². The van der Waals surface area contributed by atoms with Crippen molar-refractivity contribution < 1.29 is 24.0 Å². The van der Waals surface area contributed by atoms with Gasteiger partial charge in [0.05, 0.1) is 30.9 Å². The van der Waals surface area contributed by atoms with Crippen molar-refractivity contribution in [2.24, 2.45) is 5.92 Å². The zero-order chi connectivity index (χ0) is 23.8. The quantitative estimate of drug-likeness (QED) is 0.406. The first-order chi connectivity index (χ1) is 16.5. The number of esters is 1. The van der Waals surface area contributed by atoms with E-state index in [4.69, 9.17) is 21.2 Å². The van der Waals surface area contributed by atoms with Gasteiger partial charge in [0, 0.05) is 5.02 Å². The molecule has 8 heteroatoms. The van der Waals surface area contributed by atoms with E-state index >= 15 is 0 Å². The molecule has 2 amide bonds. The number of hydrogen-bond donors (Lipinski definition) is 0. The van der Waals surface area contributed by atoms with Crippen LogP contribution in [0.3, 0.4) is 0 Å². The highest BCUT2D eigenvalue weighted by Crippen LogP contribution is 2.47. The highest BCUT2D eigenvalue weighted by atomic mass is 35.5. The summed E-state index contributed by atoms with van der Waals surface area (Å²) in [6.45, 7) is 0.184. The number of methoxy groups -OCH3 is 1. The molecule has 2 aliphatic rings. The van der Waals surface area contributed by atoms with E-state index in [0.29, 0.717) is 16.3 Å². The van der Waals surface area contributed by atoms with Crippen molar-refractivity contribution in [1.29, 1.82) is 0 Å². The van der Waals surface area contributed by atoms with Gasteiger partial charge in [0.15, 0.2) is 6.10 Å². The second kappa shape index (κ2) is 8.93. The molecule has 5 rings (SSSR count). The van der Waals surface area contributed by atoms with Crippen molar-refractivity contribution in [3.05, 3.63) is 101 Å². The lowest BCUT2D eigenvalue weighted by atomic mass is 9.90. The third kappa shape index (κ3) is 3.83. The van der Waals surface area contributed by atoms with Crippen molar-refractivity contribution in [1.82, 2.24) is 4.90 Å². The monoisotopic (exact) mass is 476 g/mol. The zero-order valence-corrected chi connectivity index (χ0v) is 19.0. The minimum absolute atomic E-state index is 0.184. The van der Waals surface area contributed by atoms with E-state index in [2.05, 4.69) is 0 Å². The Balaban J connectivity index is 1.52. The Morgan fingerprint density at radius 1 is 0.941 bits per heavy atom. The molecule has 0 saturated carbocycles. The number of halogens is 1. The normalized spacial score (nSPS) is 21.6. The summed E-state index contributed by atoms with van der Waals surface area (Å²) in [4.78, 5) is 46.1. The first kappa shape index (κ1) is 22.1. The summed E-state index contributed by atoms with van der Waals surface area (Å²) in [5.41, 5.74) is 2.64. The molecule has 2 heterocycles. The van der Waals surface area contributed by atoms with Gasteiger partial charge >= 0.3 is 5.97 Å². The molecule has 34 heavy (non-hydrogen) atoms. The van der Waals surface area contributed by atoms with Crippen LogP contribution >= 0.6 is 11.6 Å². The van der Waals surface area contributed by atoms with Crippen LogP contribution in [0.2, 0.25) is 5.02 Å². The van der Waals surface area contributed by atoms with Crippen LogP contribution < -0.4 is 5.06 Å². The van der Waals surface area contributed by atoms with Gasteiger partial charge in [0.2, 0.25) is 5.91 Å². The van der Waals surface area contributed by atoms with Crippen molar-refractivity contribution in [2.75, 3.05) is 12.2 Å². The average molecular weight is 477 g/mol. The smallest absolute Gasteiger partial charge is 0.337 e. The van der Waals surface area contributed by atoms with Crippen LogP contribution in [0, 0.1) is 5.92 Å². The van der Waals surface area contributed by atoms with Crippen LogP contribution in [0.15, 0.2) is 78.9 Å². The molecular weight excluding hydrogens is 456 g/mol. The predicted molar refractivity (Wildman–Crippen MR) is 125 cm³/mol. The topological polar surface area (TPSA) is 76.2 Å². The molecule has 7 nitrogen and oxygen atoms in total. The molecule has 172 valence electrons. The number of benzene rings is 3. The number of hydrogen-bond acceptors (Lipinski definition) is 6. The molecule has 3 aromatic carbocycles. The number of anilines is 1. The van der Waals surface area contributed by atoms with Crippen LogP contribution in [0.25, 0.3) is 0 Å². The number of likely N-dealkylation sites (tertiary alicyclic amines) is 1. The lowest BCUT2D eigenvalue weighted by Gasteiger charge is -2.29. The van der Waals surface area contributed by atoms with Crippen molar-refractivity contribution >= 4 is 35.1 Å². The molecule has 0 unspecified atom stereocenters. The van der Waals surface area contributed by atoms with Crippen molar-refractivity contribution in [2.45, 2.75) is 18.7 Å². The maximum atomic E-state index is 13.5. The molecule has 3 aromatic rings. The fraction of sp³-hybridized carbons (Fsp3) is 0.192. The summed E-state index contributed by atoms with van der Waals surface area (Å²) in [5.74, 6) is -1.86. The number of imide groups is 1. The van der Waals surface area contributed by atoms with Gasteiger partial charge in [-0.05, 0) is 47.5 Å². The highest BCUT2D eigenvalue weighted by Gasteiger charge is 2.59. The second-order valence-electron chi connectivity index (χ2n) is 8.16. The van der Waals surface area contributed by atoms with Crippen molar-refractivity contribution in [3.63, 3.8) is 0 Å². The molecule has 2 aliphatic heterocycles. The summed E-state index contributed by atoms with van der Waals surface area (Å²) in [6, 6.07) is 22.6. The SMILES string of the molecule is COC(=O)c1ccc([C@@H]2[C@H]3C(=O)N(Cc4ccccc4)C(=O)[C@@H]3ON2c2ccc(Cl)cc2)cc1. The van der Waals surface area contributed by atoms with E-state index in [1.165, 1.54) is 12.0 Å². The molecule has 0 radical (unpaired) electrons. The number of rotatable bonds is 5. The number of carbonyl (C=O) groups excluding carboxylic acids is 3. The zero-order valence-electron chi connectivity index (χ0n) is 18.3. The molecular formula is C26H21ClN2O5. The summed E-state index contributed by atoms with van der Waals surface area (Å²) in [5, 5.41) is 2.15. The number of fused-ring (bicyclic) bond motifs is 1. The number of ether oxygens (including phenoxy) is 1. The number of hydroxylamine groups is 1. The molecule has 0 aliphatic carbocycles. The van der Waals surface area contributed by atoms with Crippen molar-refractivity contribution in [3.8, 4) is 0 Å². The van der Waals surface area contributed by atoms with Gasteiger partial charge in [-0.3, -0.25) is 19.3 Å². The first-order valence-electron chi connectivity index (χ1n) is 10.8. The average Bonchev–Trinajstić information content (AvgIpc) is 3.37. The lowest BCUT2D eigenvalue weighted by molar-refractivity contribution is -0.143. The van der Waals surface area contributed by atoms with E-state index in [-0.39, 0.29) is 18.4 Å². The van der Waals surface area contributed by atoms with Gasteiger partial charge in [-0.15, -0.1) is 0 Å². The number of nitrogens with zero attached hydrogens (tertiary/aromatic N) is 2. The van der Waals surface area contributed by atoms with Crippen LogP contribution in [0.4, 0.5) is 5.69 Å². The lowest BCUT2D eigenvalue weighted by Crippen LogP contribution is -2.36. The molecule has 0 spiro atoms. The van der Waals surface area contributed by atoms with Crippen LogP contribution in [0.1, 0.15) is 27.5 Å². The summed E-state index contributed by atoms with van der Waals surface area (Å²) >= 11 is 6.05. The fourth-order valence-electron chi connectivity index (χ4n) is 4.48. The highest BCUT2D eigenvalue weighted by molar-refractivity contribution is 6.30. The third-order valence-corrected chi connectivity index (χ3v) is 6.40. The minimum atomic E-state index is -0.947. The maximum absolute atomic E-state index is 13.5. The fourth-order valence-corrected chi connectivity index (χ4v) is 4.60. The Labute approximate surface area is 201 Å². The Kier molecular flexibility index (Phi) is 5.81. The van der Waals surface area contributed by atoms with Gasteiger partial charge in [0.1, 0.15) is 5.92 Å². The molecule has 0 aromatic heterocycles. The predicted octanol–water partition coefficient (Wildman–Crippen LogP) is 4.17. The third-order valence-electron chi connectivity index (χ3n) is 6.14. The Morgan fingerprint density at radius 3 is 2.26 bits per heavy atom. The van der Waals surface area contributed by atoms with Gasteiger partial charge < -0.3 is 4.74 Å². The Bertz CT molecular complexity index is 1230. The van der Waals surface area contributed by atoms with Gasteiger partial charge in [-0.2, -0.15) is 0 Å². The summed E-state index contributed by atoms with van der Waals surface area (Å²) in [7, 11) is 1.32. The van der Waals surface area contributed by atoms with Crippen LogP contribution in [-0.4, -0.2) is 35.9 Å². The number of carbonyl (C=O) groups is 3. The Hall–Kier alpha value is -3.68. The van der Waals surface area contributed by atoms with Crippen LogP contribution in [-0.2, 0) is 25.7 Å². The minimum Gasteiger partial charge on any atom is -0.465 e. The molecule has 2 fully saturated rings. The van der Waals surface area contributed by atoms with E-state index in [0.717, 1.165) is 11.1 Å². The maximum Gasteiger partial charge on any atom is 0.337 e. The van der Waals surface area contributed by atoms with Crippen LogP contribution in [0.5, 0.6) is 0 Å². The largest absolute Gasteiger partial charge is 0.465 e. The molecule has 2 saturated heterocycles. The molecule has 3 atom stereocenters. The van der Waals surface area contributed by atoms with E-state index in [1.54, 1.807) is 53.6 Å². The number of amides is 2. The summed E-state index contributed by atoms with van der Waals surface area (Å²) in [6.07, 6.45) is -0.947. The van der Waals surface area contributed by atoms with Gasteiger partial charge in [0.25, 0.3) is 5.91 Å². The first-order valence-corrected chi connectivity index (χ1v) is 11.1. The molecule has 0 N–H and O–H groups in total. The standard InChI is InChI=1S/C26H21ClN2O5/c1-33-26(32)18-9-7-17(8-10-18)22-21-23(34-29(22)20-13-11-19(27)12-14-20)25(31)28(24(21)30)15-16-5-3-2-4-6-16/h2-14,21-23H,15H2,1H3/t21-,22-,23-/m1/s1.